The maximum atomic E-state index is 9.46. The van der Waals surface area contributed by atoms with E-state index < -0.39 is 5.41 Å². The second-order valence-electron chi connectivity index (χ2n) is 10.0. The minimum atomic E-state index is -0.597. The minimum absolute atomic E-state index is 0.597. The maximum absolute atomic E-state index is 9.46. The molecule has 1 heterocycles. The second kappa shape index (κ2) is 9.73. The average Bonchev–Trinajstić information content (AvgIpc) is 3.04. The van der Waals surface area contributed by atoms with Crippen LogP contribution in [0.15, 0.2) is 152 Å². The van der Waals surface area contributed by atoms with Crippen LogP contribution in [-0.2, 0) is 5.41 Å². The lowest BCUT2D eigenvalue weighted by Crippen LogP contribution is -2.34. The Kier molecular flexibility index (Phi) is 5.77. The molecule has 0 amide bonds. The lowest BCUT2D eigenvalue weighted by molar-refractivity contribution is 0.434. The number of benzene rings is 6. The van der Waals surface area contributed by atoms with E-state index in [0.717, 1.165) is 44.9 Å². The van der Waals surface area contributed by atoms with Gasteiger partial charge < -0.3 is 4.74 Å². The highest BCUT2D eigenvalue weighted by atomic mass is 16.5. The molecule has 0 bridgehead atoms. The highest BCUT2D eigenvalue weighted by Crippen LogP contribution is 2.56. The van der Waals surface area contributed by atoms with Crippen molar-refractivity contribution in [1.29, 1.82) is 5.26 Å². The van der Waals surface area contributed by atoms with E-state index in [1.54, 1.807) is 0 Å². The van der Waals surface area contributed by atoms with E-state index in [1.165, 1.54) is 11.1 Å². The van der Waals surface area contributed by atoms with Crippen molar-refractivity contribution >= 4 is 0 Å². The second-order valence-corrected chi connectivity index (χ2v) is 10.0. The fourth-order valence-electron chi connectivity index (χ4n) is 6.14. The number of para-hydroxylation sites is 2. The van der Waals surface area contributed by atoms with Crippen LogP contribution in [0.2, 0.25) is 0 Å². The summed E-state index contributed by atoms with van der Waals surface area (Å²) in [6.45, 7) is 0. The van der Waals surface area contributed by atoms with Gasteiger partial charge in [-0.25, -0.2) is 0 Å². The Morgan fingerprint density at radius 3 is 1.73 bits per heavy atom. The number of ether oxygens (including phenoxy) is 1. The van der Waals surface area contributed by atoms with Gasteiger partial charge >= 0.3 is 0 Å². The summed E-state index contributed by atoms with van der Waals surface area (Å²) in [6.07, 6.45) is 0. The Labute approximate surface area is 234 Å². The normalized spacial score (nSPS) is 12.9. The summed E-state index contributed by atoms with van der Waals surface area (Å²) in [7, 11) is 0. The largest absolute Gasteiger partial charge is 0.457 e. The van der Waals surface area contributed by atoms with Crippen LogP contribution in [0.3, 0.4) is 0 Å². The van der Waals surface area contributed by atoms with Crippen molar-refractivity contribution in [3.63, 3.8) is 0 Å². The number of nitriles is 1. The Bertz CT molecular complexity index is 1850. The van der Waals surface area contributed by atoms with Crippen LogP contribution < -0.4 is 4.74 Å². The van der Waals surface area contributed by atoms with Crippen LogP contribution in [-0.4, -0.2) is 0 Å². The van der Waals surface area contributed by atoms with Crippen LogP contribution in [0, 0.1) is 11.3 Å². The third-order valence-electron chi connectivity index (χ3n) is 7.84. The van der Waals surface area contributed by atoms with Gasteiger partial charge in [-0.1, -0.05) is 121 Å². The van der Waals surface area contributed by atoms with Gasteiger partial charge in [0.1, 0.15) is 11.5 Å². The molecule has 40 heavy (non-hydrogen) atoms. The molecule has 0 N–H and O–H groups in total. The third kappa shape index (κ3) is 3.72. The van der Waals surface area contributed by atoms with Crippen LogP contribution >= 0.6 is 0 Å². The Morgan fingerprint density at radius 2 is 1.02 bits per heavy atom. The van der Waals surface area contributed by atoms with Crippen LogP contribution in [0.1, 0.15) is 27.8 Å². The first-order valence-electron chi connectivity index (χ1n) is 13.4. The zero-order chi connectivity index (χ0) is 26.9. The third-order valence-corrected chi connectivity index (χ3v) is 7.84. The fraction of sp³-hybridized carbons (Fsp3) is 0.0263. The zero-order valence-corrected chi connectivity index (χ0v) is 21.8. The Hall–Kier alpha value is -5.39. The van der Waals surface area contributed by atoms with Crippen molar-refractivity contribution in [3.05, 3.63) is 179 Å². The molecule has 7 rings (SSSR count). The van der Waals surface area contributed by atoms with Gasteiger partial charge in [-0.15, -0.1) is 0 Å². The maximum Gasteiger partial charge on any atom is 0.132 e. The number of rotatable bonds is 4. The van der Waals surface area contributed by atoms with E-state index in [4.69, 9.17) is 4.74 Å². The molecule has 0 aromatic heterocycles. The SMILES string of the molecule is N#Cc1cccc(-c2cccc(-c3ccccc3C3(c4ccccc4)c4ccccc4Oc4ccccc43)c2)c1. The smallest absolute Gasteiger partial charge is 0.132 e. The van der Waals surface area contributed by atoms with E-state index in [2.05, 4.69) is 127 Å². The molecule has 6 aromatic rings. The summed E-state index contributed by atoms with van der Waals surface area (Å²) in [6, 6.07) is 54.9. The summed E-state index contributed by atoms with van der Waals surface area (Å²) in [5.41, 5.74) is 9.03. The van der Waals surface area contributed by atoms with E-state index >= 15 is 0 Å². The predicted molar refractivity (Wildman–Crippen MR) is 160 cm³/mol. The predicted octanol–water partition coefficient (Wildman–Crippen LogP) is 9.38. The molecule has 2 heteroatoms. The molecule has 0 radical (unpaired) electrons. The minimum Gasteiger partial charge on any atom is -0.457 e. The summed E-state index contributed by atoms with van der Waals surface area (Å²) in [4.78, 5) is 0. The first kappa shape index (κ1) is 23.7. The van der Waals surface area contributed by atoms with Crippen molar-refractivity contribution in [3.8, 4) is 39.8 Å². The van der Waals surface area contributed by atoms with Crippen molar-refractivity contribution in [2.24, 2.45) is 0 Å². The van der Waals surface area contributed by atoms with E-state index in [1.807, 2.05) is 30.3 Å². The standard InChI is InChI=1S/C38H25NO/c39-26-27-12-10-13-28(24-27)29-14-11-15-30(25-29)32-18-4-5-19-33(32)38(31-16-2-1-3-17-31)34-20-6-8-22-36(34)40-37-23-9-7-21-35(37)38/h1-25H. The van der Waals surface area contributed by atoms with Gasteiger partial charge in [-0.3, -0.25) is 0 Å². The molecule has 0 atom stereocenters. The molecule has 188 valence electrons. The van der Waals surface area contributed by atoms with Gasteiger partial charge in [0.15, 0.2) is 0 Å². The number of nitrogens with zero attached hydrogens (tertiary/aromatic N) is 1. The summed E-state index contributed by atoms with van der Waals surface area (Å²) in [5.74, 6) is 1.73. The zero-order valence-electron chi connectivity index (χ0n) is 21.8. The number of hydrogen-bond acceptors (Lipinski definition) is 2. The molecule has 0 saturated heterocycles. The molecule has 0 aliphatic carbocycles. The van der Waals surface area contributed by atoms with E-state index in [0.29, 0.717) is 5.56 Å². The van der Waals surface area contributed by atoms with Gasteiger partial charge in [-0.2, -0.15) is 5.26 Å². The molecule has 0 fully saturated rings. The van der Waals surface area contributed by atoms with Crippen molar-refractivity contribution in [2.75, 3.05) is 0 Å². The lowest BCUT2D eigenvalue weighted by Gasteiger charge is -2.42. The molecule has 1 aliphatic rings. The monoisotopic (exact) mass is 511 g/mol. The van der Waals surface area contributed by atoms with Crippen LogP contribution in [0.4, 0.5) is 0 Å². The van der Waals surface area contributed by atoms with Crippen molar-refractivity contribution in [1.82, 2.24) is 0 Å². The first-order chi connectivity index (χ1) is 19.8. The fourth-order valence-corrected chi connectivity index (χ4v) is 6.14. The highest BCUT2D eigenvalue weighted by Gasteiger charge is 2.46. The van der Waals surface area contributed by atoms with Crippen LogP contribution in [0.5, 0.6) is 11.5 Å². The lowest BCUT2D eigenvalue weighted by atomic mass is 9.62. The molecule has 1 aliphatic heterocycles. The molecular formula is C38H25NO. The van der Waals surface area contributed by atoms with Crippen molar-refractivity contribution < 1.29 is 4.74 Å². The number of fused-ring (bicyclic) bond motifs is 2. The van der Waals surface area contributed by atoms with Gasteiger partial charge in [0.2, 0.25) is 0 Å². The topological polar surface area (TPSA) is 33.0 Å². The van der Waals surface area contributed by atoms with E-state index in [9.17, 15) is 5.26 Å². The van der Waals surface area contributed by atoms with Gasteiger partial charge in [0, 0.05) is 11.1 Å². The summed E-state index contributed by atoms with van der Waals surface area (Å²) >= 11 is 0. The quantitative estimate of drug-likeness (QED) is 0.236. The van der Waals surface area contributed by atoms with E-state index in [-0.39, 0.29) is 0 Å². The molecular weight excluding hydrogens is 486 g/mol. The Morgan fingerprint density at radius 1 is 0.475 bits per heavy atom. The average molecular weight is 512 g/mol. The number of hydrogen-bond donors (Lipinski definition) is 0. The van der Waals surface area contributed by atoms with Gasteiger partial charge in [0.25, 0.3) is 0 Å². The summed E-state index contributed by atoms with van der Waals surface area (Å²) in [5, 5.41) is 9.46. The summed E-state index contributed by atoms with van der Waals surface area (Å²) < 4.78 is 6.49. The molecule has 2 nitrogen and oxygen atoms in total. The molecule has 0 unspecified atom stereocenters. The molecule has 0 spiro atoms. The molecule has 0 saturated carbocycles. The van der Waals surface area contributed by atoms with Gasteiger partial charge in [-0.05, 0) is 63.7 Å². The van der Waals surface area contributed by atoms with Crippen LogP contribution in [0.25, 0.3) is 22.3 Å². The Balaban J connectivity index is 1.54. The highest BCUT2D eigenvalue weighted by molar-refractivity contribution is 5.80. The molecule has 6 aromatic carbocycles. The van der Waals surface area contributed by atoms with Gasteiger partial charge in [0.05, 0.1) is 17.0 Å². The first-order valence-corrected chi connectivity index (χ1v) is 13.4. The van der Waals surface area contributed by atoms with Crippen molar-refractivity contribution in [2.45, 2.75) is 5.41 Å².